The van der Waals surface area contributed by atoms with Crippen molar-refractivity contribution in [3.05, 3.63) is 63.9 Å². The summed E-state index contributed by atoms with van der Waals surface area (Å²) in [5.41, 5.74) is 5.00. The zero-order valence-electron chi connectivity index (χ0n) is 18.4. The molecule has 3 rings (SSSR count). The molecular weight excluding hydrogens is 493 g/mol. The Morgan fingerprint density at radius 3 is 2.59 bits per heavy atom. The van der Waals surface area contributed by atoms with Crippen molar-refractivity contribution in [2.24, 2.45) is 5.10 Å². The number of hydrazone groups is 1. The standard InChI is InChI=1S/C23H25BrFN5OS/c1-5-30-21(15-6-8-17(9-7-15)23(2,3)4)28-29-22(30)32-14-20(31)27-26-13-16-12-18(24)10-11-19(16)25/h6-13H,5,14H2,1-4H3,(H,27,31)/b26-13-. The normalized spacial score (nSPS) is 11.8. The third-order valence-corrected chi connectivity index (χ3v) is 6.19. The molecule has 1 N–H and O–H groups in total. The Morgan fingerprint density at radius 2 is 1.94 bits per heavy atom. The monoisotopic (exact) mass is 517 g/mol. The molecule has 0 aliphatic heterocycles. The number of carbonyl (C=O) groups excluding carboxylic acids is 1. The first-order chi connectivity index (χ1) is 15.2. The van der Waals surface area contributed by atoms with Gasteiger partial charge >= 0.3 is 0 Å². The topological polar surface area (TPSA) is 72.2 Å². The summed E-state index contributed by atoms with van der Waals surface area (Å²) in [5, 5.41) is 13.1. The second-order valence-electron chi connectivity index (χ2n) is 8.13. The van der Waals surface area contributed by atoms with Crippen molar-refractivity contribution in [3.63, 3.8) is 0 Å². The third kappa shape index (κ3) is 6.04. The summed E-state index contributed by atoms with van der Waals surface area (Å²) in [7, 11) is 0. The zero-order valence-corrected chi connectivity index (χ0v) is 20.8. The van der Waals surface area contributed by atoms with Crippen LogP contribution in [0.4, 0.5) is 4.39 Å². The minimum atomic E-state index is -0.417. The van der Waals surface area contributed by atoms with Crippen molar-refractivity contribution in [1.29, 1.82) is 0 Å². The molecule has 0 spiro atoms. The second-order valence-corrected chi connectivity index (χ2v) is 9.98. The highest BCUT2D eigenvalue weighted by Gasteiger charge is 2.17. The summed E-state index contributed by atoms with van der Waals surface area (Å²) < 4.78 is 16.4. The van der Waals surface area contributed by atoms with Gasteiger partial charge in [0.25, 0.3) is 5.91 Å². The average molecular weight is 518 g/mol. The van der Waals surface area contributed by atoms with E-state index in [4.69, 9.17) is 0 Å². The van der Waals surface area contributed by atoms with Crippen molar-refractivity contribution < 1.29 is 9.18 Å². The SMILES string of the molecule is CCn1c(SCC(=O)N/N=C\c2cc(Br)ccc2F)nnc1-c1ccc(C(C)(C)C)cc1. The van der Waals surface area contributed by atoms with E-state index in [-0.39, 0.29) is 22.6 Å². The van der Waals surface area contributed by atoms with E-state index in [1.54, 1.807) is 12.1 Å². The van der Waals surface area contributed by atoms with Crippen LogP contribution in [0.25, 0.3) is 11.4 Å². The number of hydrogen-bond acceptors (Lipinski definition) is 5. The fourth-order valence-corrected chi connectivity index (χ4v) is 4.14. The Morgan fingerprint density at radius 1 is 1.22 bits per heavy atom. The number of aromatic nitrogens is 3. The first kappa shape index (κ1) is 24.1. The fraction of sp³-hybridized carbons (Fsp3) is 0.304. The molecule has 0 radical (unpaired) electrons. The molecule has 0 saturated heterocycles. The summed E-state index contributed by atoms with van der Waals surface area (Å²) >= 11 is 4.55. The van der Waals surface area contributed by atoms with Gasteiger partial charge in [0, 0.05) is 22.1 Å². The molecule has 0 fully saturated rings. The lowest BCUT2D eigenvalue weighted by Crippen LogP contribution is -2.20. The number of halogens is 2. The van der Waals surface area contributed by atoms with Crippen LogP contribution in [0.3, 0.4) is 0 Å². The Bertz CT molecular complexity index is 1120. The molecule has 2 aromatic carbocycles. The summed E-state index contributed by atoms with van der Waals surface area (Å²) in [6.07, 6.45) is 1.27. The third-order valence-electron chi connectivity index (χ3n) is 4.73. The Hall–Kier alpha value is -2.52. The molecule has 1 amide bonds. The smallest absolute Gasteiger partial charge is 0.250 e. The number of hydrogen-bond donors (Lipinski definition) is 1. The van der Waals surface area contributed by atoms with Gasteiger partial charge in [0.15, 0.2) is 11.0 Å². The lowest BCUT2D eigenvalue weighted by atomic mass is 9.87. The van der Waals surface area contributed by atoms with Gasteiger partial charge in [-0.25, -0.2) is 9.82 Å². The van der Waals surface area contributed by atoms with Crippen LogP contribution >= 0.6 is 27.7 Å². The van der Waals surface area contributed by atoms with Crippen molar-refractivity contribution in [2.45, 2.75) is 44.8 Å². The first-order valence-corrected chi connectivity index (χ1v) is 11.9. The molecule has 9 heteroatoms. The minimum Gasteiger partial charge on any atom is -0.302 e. The van der Waals surface area contributed by atoms with E-state index in [0.29, 0.717) is 11.7 Å². The first-order valence-electron chi connectivity index (χ1n) is 10.1. The van der Waals surface area contributed by atoms with Gasteiger partial charge in [-0.1, -0.05) is 72.7 Å². The number of nitrogens with zero attached hydrogens (tertiary/aromatic N) is 4. The maximum atomic E-state index is 13.7. The maximum absolute atomic E-state index is 13.7. The van der Waals surface area contributed by atoms with Crippen LogP contribution in [0.2, 0.25) is 0 Å². The molecule has 6 nitrogen and oxygen atoms in total. The molecule has 32 heavy (non-hydrogen) atoms. The van der Waals surface area contributed by atoms with E-state index in [9.17, 15) is 9.18 Å². The number of carbonyl (C=O) groups is 1. The van der Waals surface area contributed by atoms with Gasteiger partial charge in [-0.2, -0.15) is 5.10 Å². The Kier molecular flexibility index (Phi) is 7.84. The summed E-state index contributed by atoms with van der Waals surface area (Å²) in [4.78, 5) is 12.2. The van der Waals surface area contributed by atoms with Crippen LogP contribution in [0, 0.1) is 5.82 Å². The lowest BCUT2D eigenvalue weighted by molar-refractivity contribution is -0.118. The molecule has 0 saturated carbocycles. The molecule has 0 aliphatic rings. The molecule has 3 aromatic rings. The molecule has 1 aromatic heterocycles. The van der Waals surface area contributed by atoms with E-state index in [1.807, 2.05) is 23.6 Å². The van der Waals surface area contributed by atoms with E-state index in [2.05, 4.69) is 69.6 Å². The van der Waals surface area contributed by atoms with Crippen LogP contribution < -0.4 is 5.43 Å². The molecule has 1 heterocycles. The maximum Gasteiger partial charge on any atom is 0.250 e. The molecule has 0 unspecified atom stereocenters. The molecular formula is C23H25BrFN5OS. The Labute approximate surface area is 199 Å². The average Bonchev–Trinajstić information content (AvgIpc) is 3.17. The Balaban J connectivity index is 1.63. The molecule has 0 atom stereocenters. The van der Waals surface area contributed by atoms with Gasteiger partial charge in [-0.05, 0) is 36.1 Å². The van der Waals surface area contributed by atoms with Gasteiger partial charge in [0.05, 0.1) is 12.0 Å². The summed E-state index contributed by atoms with van der Waals surface area (Å²) in [6, 6.07) is 12.8. The number of amides is 1. The highest BCUT2D eigenvalue weighted by atomic mass is 79.9. The van der Waals surface area contributed by atoms with Gasteiger partial charge in [0.2, 0.25) is 0 Å². The van der Waals surface area contributed by atoms with Crippen LogP contribution in [0.15, 0.2) is 57.2 Å². The van der Waals surface area contributed by atoms with Crippen LogP contribution in [0.1, 0.15) is 38.8 Å². The number of thioether (sulfide) groups is 1. The lowest BCUT2D eigenvalue weighted by Gasteiger charge is -2.19. The zero-order chi connectivity index (χ0) is 23.3. The minimum absolute atomic E-state index is 0.0800. The van der Waals surface area contributed by atoms with Gasteiger partial charge < -0.3 is 4.57 Å². The van der Waals surface area contributed by atoms with E-state index >= 15 is 0 Å². The van der Waals surface area contributed by atoms with E-state index < -0.39 is 5.82 Å². The largest absolute Gasteiger partial charge is 0.302 e. The van der Waals surface area contributed by atoms with E-state index in [1.165, 1.54) is 29.6 Å². The number of nitrogens with one attached hydrogen (secondary N) is 1. The van der Waals surface area contributed by atoms with Gasteiger partial charge in [0.1, 0.15) is 5.82 Å². The van der Waals surface area contributed by atoms with Crippen molar-refractivity contribution in [2.75, 3.05) is 5.75 Å². The number of benzene rings is 2. The fourth-order valence-electron chi connectivity index (χ4n) is 2.96. The second kappa shape index (κ2) is 10.4. The number of rotatable bonds is 7. The van der Waals surface area contributed by atoms with Crippen molar-refractivity contribution in [3.8, 4) is 11.4 Å². The van der Waals surface area contributed by atoms with Crippen LogP contribution in [0.5, 0.6) is 0 Å². The summed E-state index contributed by atoms with van der Waals surface area (Å²) in [5.74, 6) is 0.140. The highest BCUT2D eigenvalue weighted by Crippen LogP contribution is 2.27. The van der Waals surface area contributed by atoms with Gasteiger partial charge in [-0.3, -0.25) is 4.79 Å². The van der Waals surface area contributed by atoms with Crippen LogP contribution in [-0.2, 0) is 16.8 Å². The quantitative estimate of drug-likeness (QED) is 0.258. The molecule has 0 bridgehead atoms. The molecule has 168 valence electrons. The predicted octanol–water partition coefficient (Wildman–Crippen LogP) is 5.41. The van der Waals surface area contributed by atoms with E-state index in [0.717, 1.165) is 15.9 Å². The predicted molar refractivity (Wildman–Crippen MR) is 130 cm³/mol. The van der Waals surface area contributed by atoms with Crippen molar-refractivity contribution >= 4 is 39.8 Å². The summed E-state index contributed by atoms with van der Waals surface area (Å²) in [6.45, 7) is 9.21. The highest BCUT2D eigenvalue weighted by molar-refractivity contribution is 9.10. The molecule has 0 aliphatic carbocycles. The van der Waals surface area contributed by atoms with Crippen LogP contribution in [-0.4, -0.2) is 32.6 Å². The van der Waals surface area contributed by atoms with Crippen molar-refractivity contribution in [1.82, 2.24) is 20.2 Å². The van der Waals surface area contributed by atoms with Gasteiger partial charge in [-0.15, -0.1) is 10.2 Å².